The molecule has 144 valence electrons. The van der Waals surface area contributed by atoms with Crippen LogP contribution in [-0.2, 0) is 16.6 Å². The topological polar surface area (TPSA) is 95.7 Å². The first-order chi connectivity index (χ1) is 12.8. The zero-order chi connectivity index (χ0) is 19.4. The van der Waals surface area contributed by atoms with Crippen molar-refractivity contribution in [3.63, 3.8) is 0 Å². The quantitative estimate of drug-likeness (QED) is 0.811. The van der Waals surface area contributed by atoms with Crippen LogP contribution in [0.25, 0.3) is 0 Å². The van der Waals surface area contributed by atoms with E-state index in [2.05, 4.69) is 10.2 Å². The van der Waals surface area contributed by atoms with Crippen LogP contribution in [0.3, 0.4) is 0 Å². The average molecular weight is 409 g/mol. The van der Waals surface area contributed by atoms with Gasteiger partial charge in [0.2, 0.25) is 10.0 Å². The molecule has 3 N–H and O–H groups in total. The number of anilines is 1. The Kier molecular flexibility index (Phi) is 6.01. The number of piperazine rings is 1. The highest BCUT2D eigenvalue weighted by Crippen LogP contribution is 2.16. The second-order valence-electron chi connectivity index (χ2n) is 6.40. The minimum absolute atomic E-state index is 0.0355. The lowest BCUT2D eigenvalue weighted by atomic mass is 10.2. The lowest BCUT2D eigenvalue weighted by Gasteiger charge is -2.34. The van der Waals surface area contributed by atoms with E-state index in [0.717, 1.165) is 25.2 Å². The average Bonchev–Trinajstić information content (AvgIpc) is 2.62. The van der Waals surface area contributed by atoms with Crippen molar-refractivity contribution < 1.29 is 13.2 Å². The summed E-state index contributed by atoms with van der Waals surface area (Å²) >= 11 is 6.02. The second kappa shape index (κ2) is 8.26. The summed E-state index contributed by atoms with van der Waals surface area (Å²) in [7, 11) is -3.81. The molecule has 2 aromatic carbocycles. The molecule has 0 radical (unpaired) electrons. The van der Waals surface area contributed by atoms with E-state index in [1.807, 2.05) is 24.3 Å². The Labute approximate surface area is 163 Å². The van der Waals surface area contributed by atoms with E-state index >= 15 is 0 Å². The molecule has 0 spiro atoms. The van der Waals surface area contributed by atoms with Gasteiger partial charge in [-0.3, -0.25) is 4.90 Å². The van der Waals surface area contributed by atoms with Crippen LogP contribution in [-0.4, -0.2) is 50.4 Å². The fourth-order valence-electron chi connectivity index (χ4n) is 2.96. The molecular formula is C18H21ClN4O3S. The highest BCUT2D eigenvalue weighted by Gasteiger charge is 2.21. The van der Waals surface area contributed by atoms with Crippen molar-refractivity contribution in [1.29, 1.82) is 0 Å². The predicted molar refractivity (Wildman–Crippen MR) is 105 cm³/mol. The van der Waals surface area contributed by atoms with Gasteiger partial charge in [0.05, 0.1) is 4.90 Å². The zero-order valence-corrected chi connectivity index (χ0v) is 16.2. The van der Waals surface area contributed by atoms with Crippen LogP contribution in [0.15, 0.2) is 53.4 Å². The first-order valence-corrected chi connectivity index (χ1v) is 10.4. The van der Waals surface area contributed by atoms with Crippen LogP contribution >= 0.6 is 11.6 Å². The third kappa shape index (κ3) is 5.43. The van der Waals surface area contributed by atoms with Gasteiger partial charge in [0.1, 0.15) is 0 Å². The van der Waals surface area contributed by atoms with Crippen LogP contribution < -0.4 is 10.5 Å². The van der Waals surface area contributed by atoms with E-state index in [9.17, 15) is 13.2 Å². The van der Waals surface area contributed by atoms with Gasteiger partial charge in [-0.05, 0) is 35.9 Å². The molecule has 1 heterocycles. The summed E-state index contributed by atoms with van der Waals surface area (Å²) in [4.78, 5) is 16.4. The van der Waals surface area contributed by atoms with Gasteiger partial charge in [0.15, 0.2) is 0 Å². The maximum atomic E-state index is 12.4. The molecule has 0 atom stereocenters. The maximum absolute atomic E-state index is 12.4. The smallest absolute Gasteiger partial charge is 0.321 e. The van der Waals surface area contributed by atoms with E-state index in [1.54, 1.807) is 11.0 Å². The van der Waals surface area contributed by atoms with Crippen LogP contribution in [0, 0.1) is 0 Å². The molecule has 1 aliphatic rings. The molecule has 0 aliphatic carbocycles. The van der Waals surface area contributed by atoms with E-state index in [4.69, 9.17) is 16.7 Å². The van der Waals surface area contributed by atoms with Crippen molar-refractivity contribution in [2.75, 3.05) is 31.5 Å². The number of carbonyl (C=O) groups is 1. The number of halogens is 1. The molecule has 9 heteroatoms. The number of carbonyl (C=O) groups excluding carboxylic acids is 1. The summed E-state index contributed by atoms with van der Waals surface area (Å²) in [5.74, 6) is 0. The fraction of sp³-hybridized carbons (Fsp3) is 0.278. The first kappa shape index (κ1) is 19.6. The van der Waals surface area contributed by atoms with Crippen LogP contribution in [0.4, 0.5) is 10.5 Å². The predicted octanol–water partition coefficient (Wildman–Crippen LogP) is 2.34. The van der Waals surface area contributed by atoms with E-state index in [0.29, 0.717) is 23.8 Å². The number of nitrogens with one attached hydrogen (secondary N) is 1. The Morgan fingerprint density at radius 1 is 1.07 bits per heavy atom. The zero-order valence-electron chi connectivity index (χ0n) is 14.6. The van der Waals surface area contributed by atoms with Gasteiger partial charge in [0.25, 0.3) is 0 Å². The molecule has 0 unspecified atom stereocenters. The summed E-state index contributed by atoms with van der Waals surface area (Å²) in [5, 5.41) is 8.56. The van der Waals surface area contributed by atoms with Crippen molar-refractivity contribution in [3.8, 4) is 0 Å². The number of nitrogens with two attached hydrogens (primary N) is 1. The third-order valence-corrected chi connectivity index (χ3v) is 5.51. The molecule has 7 nitrogen and oxygen atoms in total. The Morgan fingerprint density at radius 2 is 1.78 bits per heavy atom. The minimum atomic E-state index is -3.81. The highest BCUT2D eigenvalue weighted by molar-refractivity contribution is 7.89. The van der Waals surface area contributed by atoms with Crippen molar-refractivity contribution in [3.05, 3.63) is 59.1 Å². The maximum Gasteiger partial charge on any atom is 0.321 e. The molecule has 0 saturated carbocycles. The molecule has 0 aromatic heterocycles. The Balaban J connectivity index is 1.54. The molecule has 27 heavy (non-hydrogen) atoms. The number of rotatable bonds is 4. The van der Waals surface area contributed by atoms with Gasteiger partial charge in [-0.25, -0.2) is 18.4 Å². The van der Waals surface area contributed by atoms with Crippen molar-refractivity contribution in [2.24, 2.45) is 5.14 Å². The summed E-state index contributed by atoms with van der Waals surface area (Å²) in [5.41, 5.74) is 1.54. The van der Waals surface area contributed by atoms with Gasteiger partial charge < -0.3 is 10.2 Å². The number of sulfonamides is 1. The minimum Gasteiger partial charge on any atom is -0.322 e. The Morgan fingerprint density at radius 3 is 2.44 bits per heavy atom. The summed E-state index contributed by atoms with van der Waals surface area (Å²) in [6, 6.07) is 13.4. The van der Waals surface area contributed by atoms with Crippen molar-refractivity contribution in [1.82, 2.24) is 9.80 Å². The Hall–Kier alpha value is -2.13. The van der Waals surface area contributed by atoms with E-state index in [1.165, 1.54) is 18.2 Å². The highest BCUT2D eigenvalue weighted by atomic mass is 35.5. The third-order valence-electron chi connectivity index (χ3n) is 4.37. The molecule has 0 bridgehead atoms. The Bertz CT molecular complexity index is 928. The SMILES string of the molecule is NS(=O)(=O)c1cccc(NC(=O)N2CCN(Cc3cccc(Cl)c3)CC2)c1. The molecule has 2 amide bonds. The lowest BCUT2D eigenvalue weighted by Crippen LogP contribution is -2.49. The van der Waals surface area contributed by atoms with Crippen molar-refractivity contribution >= 4 is 33.3 Å². The van der Waals surface area contributed by atoms with Crippen LogP contribution in [0.5, 0.6) is 0 Å². The van der Waals surface area contributed by atoms with E-state index < -0.39 is 10.0 Å². The number of benzene rings is 2. The van der Waals surface area contributed by atoms with Gasteiger partial charge in [-0.2, -0.15) is 0 Å². The number of hydrogen-bond donors (Lipinski definition) is 2. The van der Waals surface area contributed by atoms with Gasteiger partial charge >= 0.3 is 6.03 Å². The monoisotopic (exact) mass is 408 g/mol. The lowest BCUT2D eigenvalue weighted by molar-refractivity contribution is 0.143. The van der Waals surface area contributed by atoms with Gasteiger partial charge in [-0.15, -0.1) is 0 Å². The summed E-state index contributed by atoms with van der Waals surface area (Å²) in [6.07, 6.45) is 0. The van der Waals surface area contributed by atoms with Crippen molar-refractivity contribution in [2.45, 2.75) is 11.4 Å². The molecule has 1 fully saturated rings. The van der Waals surface area contributed by atoms with Gasteiger partial charge in [0, 0.05) is 43.4 Å². The largest absolute Gasteiger partial charge is 0.322 e. The fourth-order valence-corrected chi connectivity index (χ4v) is 3.73. The molecule has 1 saturated heterocycles. The first-order valence-electron chi connectivity index (χ1n) is 8.47. The number of urea groups is 1. The van der Waals surface area contributed by atoms with E-state index in [-0.39, 0.29) is 10.9 Å². The standard InChI is InChI=1S/C18H21ClN4O3S/c19-15-4-1-3-14(11-15)13-22-7-9-23(10-8-22)18(24)21-16-5-2-6-17(12-16)27(20,25)26/h1-6,11-12H,7-10,13H2,(H,21,24)(H2,20,25,26). The molecular weight excluding hydrogens is 388 g/mol. The number of nitrogens with zero attached hydrogens (tertiary/aromatic N) is 2. The molecule has 3 rings (SSSR count). The summed E-state index contributed by atoms with van der Waals surface area (Å²) < 4.78 is 22.8. The van der Waals surface area contributed by atoms with Crippen LogP contribution in [0.1, 0.15) is 5.56 Å². The number of primary sulfonamides is 1. The summed E-state index contributed by atoms with van der Waals surface area (Å²) in [6.45, 7) is 3.45. The van der Waals surface area contributed by atoms with Crippen LogP contribution in [0.2, 0.25) is 5.02 Å². The molecule has 1 aliphatic heterocycles. The van der Waals surface area contributed by atoms with Gasteiger partial charge in [-0.1, -0.05) is 29.8 Å². The number of hydrogen-bond acceptors (Lipinski definition) is 4. The number of amides is 2. The molecule has 2 aromatic rings. The normalized spacial score (nSPS) is 15.6. The second-order valence-corrected chi connectivity index (χ2v) is 8.39.